The van der Waals surface area contributed by atoms with Gasteiger partial charge in [-0.15, -0.1) is 0 Å². The van der Waals surface area contributed by atoms with Crippen LogP contribution in [0.2, 0.25) is 10.0 Å². The first-order chi connectivity index (χ1) is 16.7. The molecule has 0 aromatic heterocycles. The number of carbonyl (C=O) groups excluding carboxylic acids is 1. The van der Waals surface area contributed by atoms with E-state index in [0.717, 1.165) is 10.6 Å². The van der Waals surface area contributed by atoms with E-state index in [0.29, 0.717) is 26.9 Å². The number of carboxylic acid groups (broad SMARTS) is 1. The van der Waals surface area contributed by atoms with E-state index in [9.17, 15) is 23.1 Å². The normalized spacial score (nSPS) is 19.7. The standard InChI is InChI=1S/C25H30Cl2N2O6S/c1-6-29(36(5,33)34)20(24(31)32)22-23(30)28(14-25(2,3)4)19-12-11-15(26)13-17(19)21(35-22)16-9-7-8-10-18(16)27/h7-13,20-22H,6,14H2,1-5H3,(H,31,32). The Morgan fingerprint density at radius 3 is 2.33 bits per heavy atom. The smallest absolute Gasteiger partial charge is 0.325 e. The van der Waals surface area contributed by atoms with Gasteiger partial charge in [-0.1, -0.05) is 69.1 Å². The first-order valence-corrected chi connectivity index (χ1v) is 14.0. The Morgan fingerprint density at radius 2 is 1.81 bits per heavy atom. The van der Waals surface area contributed by atoms with Crippen molar-refractivity contribution in [1.29, 1.82) is 0 Å². The highest BCUT2D eigenvalue weighted by Crippen LogP contribution is 2.43. The number of hydrogen-bond acceptors (Lipinski definition) is 5. The molecule has 0 spiro atoms. The Morgan fingerprint density at radius 1 is 1.17 bits per heavy atom. The van der Waals surface area contributed by atoms with Gasteiger partial charge in [0, 0.05) is 39.9 Å². The second kappa shape index (κ2) is 10.7. The van der Waals surface area contributed by atoms with Gasteiger partial charge in [0.05, 0.1) is 6.26 Å². The fraction of sp³-hybridized carbons (Fsp3) is 0.440. The number of ether oxygens (including phenoxy) is 1. The molecule has 1 N–H and O–H groups in total. The Hall–Kier alpha value is -2.17. The SMILES string of the molecule is CCN(C(C(=O)O)C1OC(c2ccccc2Cl)c2cc(Cl)ccc2N(CC(C)(C)C)C1=O)S(C)(=O)=O. The molecule has 0 saturated heterocycles. The number of carboxylic acids is 1. The molecule has 11 heteroatoms. The molecule has 0 bridgehead atoms. The van der Waals surface area contributed by atoms with Gasteiger partial charge in [-0.3, -0.25) is 9.59 Å². The summed E-state index contributed by atoms with van der Waals surface area (Å²) < 4.78 is 32.2. The predicted octanol–water partition coefficient (Wildman–Crippen LogP) is 4.60. The molecule has 1 amide bonds. The maximum Gasteiger partial charge on any atom is 0.325 e. The van der Waals surface area contributed by atoms with Crippen molar-refractivity contribution in [3.63, 3.8) is 0 Å². The van der Waals surface area contributed by atoms with Crippen LogP contribution < -0.4 is 4.90 Å². The van der Waals surface area contributed by atoms with Crippen LogP contribution in [0.15, 0.2) is 42.5 Å². The summed E-state index contributed by atoms with van der Waals surface area (Å²) >= 11 is 12.9. The number of hydrogen-bond donors (Lipinski definition) is 1. The van der Waals surface area contributed by atoms with Gasteiger partial charge in [-0.25, -0.2) is 8.42 Å². The van der Waals surface area contributed by atoms with Crippen molar-refractivity contribution in [3.8, 4) is 0 Å². The van der Waals surface area contributed by atoms with Gasteiger partial charge in [-0.05, 0) is 29.7 Å². The summed E-state index contributed by atoms with van der Waals surface area (Å²) in [6.45, 7) is 7.36. The number of rotatable bonds is 7. The van der Waals surface area contributed by atoms with E-state index in [2.05, 4.69) is 0 Å². The second-order valence-corrected chi connectivity index (χ2v) is 12.7. The molecule has 36 heavy (non-hydrogen) atoms. The van der Waals surface area contributed by atoms with Crippen molar-refractivity contribution in [2.45, 2.75) is 45.9 Å². The minimum absolute atomic E-state index is 0.169. The van der Waals surface area contributed by atoms with E-state index in [1.54, 1.807) is 42.5 Å². The molecule has 0 fully saturated rings. The van der Waals surface area contributed by atoms with Crippen molar-refractivity contribution < 1.29 is 27.9 Å². The molecular weight excluding hydrogens is 527 g/mol. The molecular formula is C25H30Cl2N2O6S. The Bertz CT molecular complexity index is 1260. The average molecular weight is 557 g/mol. The number of likely N-dealkylation sites (N-methyl/N-ethyl adjacent to an activating group) is 1. The lowest BCUT2D eigenvalue weighted by molar-refractivity contribution is -0.154. The van der Waals surface area contributed by atoms with Gasteiger partial charge in [0.2, 0.25) is 10.0 Å². The quantitative estimate of drug-likeness (QED) is 0.534. The van der Waals surface area contributed by atoms with Crippen LogP contribution in [0.1, 0.15) is 44.9 Å². The minimum Gasteiger partial charge on any atom is -0.480 e. The largest absolute Gasteiger partial charge is 0.480 e. The van der Waals surface area contributed by atoms with Gasteiger partial charge in [0.1, 0.15) is 6.10 Å². The summed E-state index contributed by atoms with van der Waals surface area (Å²) in [6, 6.07) is 10.0. The number of anilines is 1. The lowest BCUT2D eigenvalue weighted by Crippen LogP contribution is -2.58. The van der Waals surface area contributed by atoms with Crippen LogP contribution >= 0.6 is 23.2 Å². The summed E-state index contributed by atoms with van der Waals surface area (Å²) in [5.41, 5.74) is 1.10. The van der Waals surface area contributed by atoms with Crippen molar-refractivity contribution >= 4 is 50.8 Å². The topological polar surface area (TPSA) is 104 Å². The van der Waals surface area contributed by atoms with E-state index in [1.165, 1.54) is 11.8 Å². The van der Waals surface area contributed by atoms with E-state index in [-0.39, 0.29) is 18.5 Å². The third kappa shape index (κ3) is 6.03. The number of amides is 1. The maximum absolute atomic E-state index is 14.1. The number of halogens is 2. The summed E-state index contributed by atoms with van der Waals surface area (Å²) in [5.74, 6) is -2.17. The first kappa shape index (κ1) is 28.4. The number of sulfonamides is 1. The number of carbonyl (C=O) groups is 2. The summed E-state index contributed by atoms with van der Waals surface area (Å²) in [7, 11) is -4.01. The molecule has 3 rings (SSSR count). The molecule has 8 nitrogen and oxygen atoms in total. The fourth-order valence-corrected chi connectivity index (χ4v) is 5.85. The molecule has 2 aromatic carbocycles. The summed E-state index contributed by atoms with van der Waals surface area (Å²) in [5, 5.41) is 10.9. The zero-order chi connectivity index (χ0) is 27.0. The molecule has 3 unspecified atom stereocenters. The van der Waals surface area contributed by atoms with Crippen LogP contribution in [0.3, 0.4) is 0 Å². The lowest BCUT2D eigenvalue weighted by atomic mass is 9.94. The molecule has 3 atom stereocenters. The van der Waals surface area contributed by atoms with Crippen molar-refractivity contribution in [2.75, 3.05) is 24.2 Å². The third-order valence-corrected chi connectivity index (χ3v) is 7.68. The van der Waals surface area contributed by atoms with Crippen LogP contribution in [0.4, 0.5) is 5.69 Å². The fourth-order valence-electron chi connectivity index (χ4n) is 4.35. The summed E-state index contributed by atoms with van der Waals surface area (Å²) in [4.78, 5) is 28.1. The van der Waals surface area contributed by atoms with E-state index < -0.39 is 40.1 Å². The Kier molecular flexibility index (Phi) is 8.42. The van der Waals surface area contributed by atoms with Crippen LogP contribution in [-0.2, 0) is 24.3 Å². The van der Waals surface area contributed by atoms with Crippen molar-refractivity contribution in [2.24, 2.45) is 5.41 Å². The van der Waals surface area contributed by atoms with Crippen LogP contribution in [-0.4, -0.2) is 61.2 Å². The summed E-state index contributed by atoms with van der Waals surface area (Å²) in [6.07, 6.45) is -1.76. The highest BCUT2D eigenvalue weighted by molar-refractivity contribution is 7.88. The molecule has 0 saturated carbocycles. The average Bonchev–Trinajstić information content (AvgIpc) is 2.85. The minimum atomic E-state index is -4.01. The molecule has 0 aliphatic carbocycles. The molecule has 196 valence electrons. The highest BCUT2D eigenvalue weighted by atomic mass is 35.5. The van der Waals surface area contributed by atoms with Gasteiger partial charge in [-0.2, -0.15) is 4.31 Å². The van der Waals surface area contributed by atoms with E-state index in [4.69, 9.17) is 27.9 Å². The number of fused-ring (bicyclic) bond motifs is 1. The van der Waals surface area contributed by atoms with Gasteiger partial charge < -0.3 is 14.7 Å². The van der Waals surface area contributed by atoms with E-state index >= 15 is 0 Å². The number of benzene rings is 2. The maximum atomic E-state index is 14.1. The Labute approximate surface area is 221 Å². The first-order valence-electron chi connectivity index (χ1n) is 11.4. The molecule has 2 aromatic rings. The molecule has 0 radical (unpaired) electrons. The lowest BCUT2D eigenvalue weighted by Gasteiger charge is -2.35. The van der Waals surface area contributed by atoms with Crippen LogP contribution in [0.25, 0.3) is 0 Å². The number of nitrogens with zero attached hydrogens (tertiary/aromatic N) is 2. The zero-order valence-electron chi connectivity index (χ0n) is 20.7. The van der Waals surface area contributed by atoms with Crippen molar-refractivity contribution in [1.82, 2.24) is 4.31 Å². The number of aliphatic carboxylic acids is 1. The molecule has 1 heterocycles. The van der Waals surface area contributed by atoms with Crippen LogP contribution in [0, 0.1) is 5.41 Å². The predicted molar refractivity (Wildman–Crippen MR) is 140 cm³/mol. The monoisotopic (exact) mass is 556 g/mol. The third-order valence-electron chi connectivity index (χ3n) is 5.76. The molecule has 1 aliphatic heterocycles. The van der Waals surface area contributed by atoms with Crippen LogP contribution in [0.5, 0.6) is 0 Å². The highest BCUT2D eigenvalue weighted by Gasteiger charge is 2.48. The van der Waals surface area contributed by atoms with E-state index in [1.807, 2.05) is 20.8 Å². The zero-order valence-corrected chi connectivity index (χ0v) is 23.1. The van der Waals surface area contributed by atoms with Gasteiger partial charge in [0.15, 0.2) is 12.1 Å². The van der Waals surface area contributed by atoms with Gasteiger partial charge >= 0.3 is 5.97 Å². The second-order valence-electron chi connectivity index (χ2n) is 9.90. The molecule has 1 aliphatic rings. The van der Waals surface area contributed by atoms with Gasteiger partial charge in [0.25, 0.3) is 5.91 Å². The Balaban J connectivity index is 2.34. The van der Waals surface area contributed by atoms with Crippen molar-refractivity contribution in [3.05, 3.63) is 63.6 Å².